The van der Waals surface area contributed by atoms with Crippen LogP contribution in [0.1, 0.15) is 52.7 Å². The van der Waals surface area contributed by atoms with Gasteiger partial charge in [-0.25, -0.2) is 4.39 Å². The lowest BCUT2D eigenvalue weighted by Gasteiger charge is -2.20. The van der Waals surface area contributed by atoms with E-state index in [2.05, 4.69) is 16.6 Å². The summed E-state index contributed by atoms with van der Waals surface area (Å²) in [7, 11) is 0. The lowest BCUT2D eigenvalue weighted by Crippen LogP contribution is -2.46. The molecule has 0 aliphatic rings. The van der Waals surface area contributed by atoms with Crippen LogP contribution in [-0.4, -0.2) is 24.2 Å². The number of allylic oxidation sites excluding steroid dienone is 1. The summed E-state index contributed by atoms with van der Waals surface area (Å²) in [6, 6.07) is 3.12. The van der Waals surface area contributed by atoms with Crippen molar-refractivity contribution in [2.24, 2.45) is 0 Å². The minimum atomic E-state index is -5.19. The summed E-state index contributed by atoms with van der Waals surface area (Å²) in [6.07, 6.45) is -6.28. The molecule has 2 amide bonds. The number of halogens is 10. The van der Waals surface area contributed by atoms with Crippen LogP contribution < -0.4 is 10.6 Å². The monoisotopic (exact) mass is 616 g/mol. The van der Waals surface area contributed by atoms with Crippen molar-refractivity contribution >= 4 is 52.4 Å². The quantitative estimate of drug-likeness (QED) is 0.137. The van der Waals surface area contributed by atoms with Crippen molar-refractivity contribution in [2.75, 3.05) is 0 Å². The maximum atomic E-state index is 15.0. The Hall–Kier alpha value is -2.94. The van der Waals surface area contributed by atoms with Crippen LogP contribution in [0.4, 0.5) is 30.7 Å². The van der Waals surface area contributed by atoms with Crippen molar-refractivity contribution in [2.45, 2.75) is 44.2 Å². The molecule has 0 aliphatic heterocycles. The lowest BCUT2D eigenvalue weighted by molar-refractivity contribution is -0.140. The third kappa shape index (κ3) is 8.78. The average Bonchev–Trinajstić information content (AvgIpc) is 2.82. The van der Waals surface area contributed by atoms with Crippen LogP contribution in [0, 0.1) is 12.3 Å². The van der Waals surface area contributed by atoms with E-state index in [4.69, 9.17) is 41.2 Å². The molecule has 0 bridgehead atoms. The molecular formula is C25H18Cl3F7N2O2. The van der Waals surface area contributed by atoms with Gasteiger partial charge in [-0.05, 0) is 42.8 Å². The normalized spacial score (nSPS) is 13.8. The predicted molar refractivity (Wildman–Crippen MR) is 134 cm³/mol. The van der Waals surface area contributed by atoms with Crippen LogP contribution in [0.25, 0.3) is 5.83 Å². The number of nitrogens with one attached hydrogen (secondary N) is 2. The second kappa shape index (κ2) is 12.9. The maximum Gasteiger partial charge on any atom is 0.417 e. The first-order valence-corrected chi connectivity index (χ1v) is 11.9. The SMILES string of the molecule is C#CCCC(=O)NC(C)NC(=O)c1ccc(/C(F)=C/C(c2cc(Cl)c(Cl)c(Cl)c2)C(F)(F)F)cc1C(F)(F)F. The zero-order valence-corrected chi connectivity index (χ0v) is 22.0. The number of carbonyl (C=O) groups excluding carboxylic acids is 2. The van der Waals surface area contributed by atoms with Gasteiger partial charge in [-0.1, -0.05) is 40.9 Å². The first kappa shape index (κ1) is 32.3. The van der Waals surface area contributed by atoms with Gasteiger partial charge in [0, 0.05) is 18.4 Å². The van der Waals surface area contributed by atoms with Crippen LogP contribution in [-0.2, 0) is 11.0 Å². The van der Waals surface area contributed by atoms with Crippen molar-refractivity contribution in [3.63, 3.8) is 0 Å². The third-order valence-electron chi connectivity index (χ3n) is 5.10. The summed E-state index contributed by atoms with van der Waals surface area (Å²) in [5.41, 5.74) is -4.06. The lowest BCUT2D eigenvalue weighted by atomic mass is 9.95. The smallest absolute Gasteiger partial charge is 0.336 e. The fourth-order valence-electron chi connectivity index (χ4n) is 3.31. The fourth-order valence-corrected chi connectivity index (χ4v) is 3.93. The van der Waals surface area contributed by atoms with Crippen molar-refractivity contribution in [3.05, 3.63) is 73.7 Å². The second-order valence-electron chi connectivity index (χ2n) is 8.06. The van der Waals surface area contributed by atoms with Crippen molar-refractivity contribution in [1.82, 2.24) is 10.6 Å². The Morgan fingerprint density at radius 3 is 2.13 bits per heavy atom. The topological polar surface area (TPSA) is 58.2 Å². The van der Waals surface area contributed by atoms with E-state index < -0.39 is 64.3 Å². The molecule has 2 aromatic carbocycles. The number of alkyl halides is 6. The Bertz CT molecular complexity index is 1300. The number of amides is 2. The van der Waals surface area contributed by atoms with Crippen LogP contribution >= 0.6 is 34.8 Å². The minimum absolute atomic E-state index is 0.0545. The molecule has 210 valence electrons. The van der Waals surface area contributed by atoms with Gasteiger partial charge < -0.3 is 10.6 Å². The zero-order chi connectivity index (χ0) is 29.7. The molecule has 2 atom stereocenters. The first-order valence-electron chi connectivity index (χ1n) is 10.8. The van der Waals surface area contributed by atoms with Gasteiger partial charge in [0.1, 0.15) is 11.7 Å². The Labute approximate surface area is 233 Å². The van der Waals surface area contributed by atoms with E-state index in [-0.39, 0.29) is 40.1 Å². The highest BCUT2D eigenvalue weighted by atomic mass is 35.5. The molecule has 0 saturated heterocycles. The summed E-state index contributed by atoms with van der Waals surface area (Å²) >= 11 is 17.3. The van der Waals surface area contributed by atoms with Crippen molar-refractivity contribution in [1.29, 1.82) is 0 Å². The molecule has 0 heterocycles. The summed E-state index contributed by atoms with van der Waals surface area (Å²) in [5.74, 6) is -3.93. The maximum absolute atomic E-state index is 15.0. The third-order valence-corrected chi connectivity index (χ3v) is 6.29. The predicted octanol–water partition coefficient (Wildman–Crippen LogP) is 7.93. The molecule has 2 N–H and O–H groups in total. The molecule has 0 fully saturated rings. The highest BCUT2D eigenvalue weighted by molar-refractivity contribution is 6.48. The van der Waals surface area contributed by atoms with E-state index in [0.29, 0.717) is 12.1 Å². The summed E-state index contributed by atoms with van der Waals surface area (Å²) in [4.78, 5) is 24.2. The Morgan fingerprint density at radius 2 is 1.62 bits per heavy atom. The molecule has 2 aromatic rings. The second-order valence-corrected chi connectivity index (χ2v) is 9.25. The van der Waals surface area contributed by atoms with Gasteiger partial charge in [0.05, 0.1) is 32.4 Å². The molecule has 2 unspecified atom stereocenters. The molecule has 0 saturated carbocycles. The van der Waals surface area contributed by atoms with Gasteiger partial charge in [-0.15, -0.1) is 12.3 Å². The largest absolute Gasteiger partial charge is 0.417 e. The molecule has 0 spiro atoms. The molecule has 0 aromatic heterocycles. The van der Waals surface area contributed by atoms with Crippen LogP contribution in [0.2, 0.25) is 15.1 Å². The van der Waals surface area contributed by atoms with E-state index in [0.717, 1.165) is 12.1 Å². The number of hydrogen-bond donors (Lipinski definition) is 2. The number of terminal acetylenes is 1. The van der Waals surface area contributed by atoms with Crippen LogP contribution in [0.3, 0.4) is 0 Å². The number of benzene rings is 2. The van der Waals surface area contributed by atoms with Crippen LogP contribution in [0.15, 0.2) is 36.4 Å². The number of carbonyl (C=O) groups is 2. The van der Waals surface area contributed by atoms with Gasteiger partial charge in [0.15, 0.2) is 0 Å². The van der Waals surface area contributed by atoms with E-state index in [9.17, 15) is 40.3 Å². The number of rotatable bonds is 8. The highest BCUT2D eigenvalue weighted by Gasteiger charge is 2.41. The summed E-state index contributed by atoms with van der Waals surface area (Å²) < 4.78 is 97.5. The van der Waals surface area contributed by atoms with E-state index in [1.165, 1.54) is 6.92 Å². The Balaban J connectivity index is 2.45. The highest BCUT2D eigenvalue weighted by Crippen LogP contribution is 2.42. The van der Waals surface area contributed by atoms with Gasteiger partial charge in [0.25, 0.3) is 5.91 Å². The average molecular weight is 618 g/mol. The Morgan fingerprint density at radius 1 is 1.03 bits per heavy atom. The number of hydrogen-bond acceptors (Lipinski definition) is 2. The van der Waals surface area contributed by atoms with Gasteiger partial charge in [-0.3, -0.25) is 9.59 Å². The van der Waals surface area contributed by atoms with Gasteiger partial charge in [0.2, 0.25) is 5.91 Å². The molecule has 39 heavy (non-hydrogen) atoms. The molecule has 2 rings (SSSR count). The van der Waals surface area contributed by atoms with E-state index in [1.807, 2.05) is 0 Å². The van der Waals surface area contributed by atoms with E-state index >= 15 is 0 Å². The minimum Gasteiger partial charge on any atom is -0.336 e. The van der Waals surface area contributed by atoms with E-state index in [1.54, 1.807) is 0 Å². The zero-order valence-electron chi connectivity index (χ0n) is 19.7. The molecule has 4 nitrogen and oxygen atoms in total. The molecule has 14 heteroatoms. The Kier molecular flexibility index (Phi) is 10.7. The molecular weight excluding hydrogens is 600 g/mol. The standard InChI is InChI=1S/C25H18Cl3F7N2O2/c1-3-4-5-21(38)36-12(2)37-23(39)15-7-6-13(8-17(15)25(33,34)35)20(29)11-16(24(30,31)32)14-9-18(26)22(28)19(27)10-14/h1,6-12,16H,4-5H2,2H3,(H,36,38)(H,37,39)/b20-11-. The summed E-state index contributed by atoms with van der Waals surface area (Å²) in [5, 5.41) is 3.52. The molecule has 0 aliphatic carbocycles. The van der Waals surface area contributed by atoms with Gasteiger partial charge >= 0.3 is 12.4 Å². The fraction of sp³-hybridized carbons (Fsp3) is 0.280. The van der Waals surface area contributed by atoms with Crippen molar-refractivity contribution in [3.8, 4) is 12.3 Å². The van der Waals surface area contributed by atoms with Crippen molar-refractivity contribution < 1.29 is 40.3 Å². The van der Waals surface area contributed by atoms with Crippen LogP contribution in [0.5, 0.6) is 0 Å². The molecule has 0 radical (unpaired) electrons. The first-order chi connectivity index (χ1) is 17.9. The van der Waals surface area contributed by atoms with Gasteiger partial charge in [-0.2, -0.15) is 26.3 Å². The summed E-state index contributed by atoms with van der Waals surface area (Å²) in [6.45, 7) is 1.28.